The van der Waals surface area contributed by atoms with Gasteiger partial charge < -0.3 is 30.3 Å². The summed E-state index contributed by atoms with van der Waals surface area (Å²) in [6.07, 6.45) is 5.44. The molecule has 208 valence electrons. The first-order chi connectivity index (χ1) is 18.5. The molecule has 0 spiro atoms. The number of pyridine rings is 1. The molecule has 11 heteroatoms. The first-order valence-corrected chi connectivity index (χ1v) is 14.0. The fraction of sp³-hybridized carbons (Fsp3) is 0.536. The Labute approximate surface area is 236 Å². The topological polar surface area (TPSA) is 117 Å². The predicted octanol–water partition coefficient (Wildman–Crippen LogP) is 5.15. The summed E-state index contributed by atoms with van der Waals surface area (Å²) >= 11 is 3.32. The predicted molar refractivity (Wildman–Crippen MR) is 152 cm³/mol. The van der Waals surface area contributed by atoms with E-state index in [1.165, 1.54) is 12.2 Å². The highest BCUT2D eigenvalue weighted by Crippen LogP contribution is 2.47. The highest BCUT2D eigenvalue weighted by Gasteiger charge is 2.55. The van der Waals surface area contributed by atoms with Crippen LogP contribution in [0.2, 0.25) is 0 Å². The van der Waals surface area contributed by atoms with Crippen LogP contribution in [-0.4, -0.2) is 71.3 Å². The zero-order chi connectivity index (χ0) is 28.1. The maximum absolute atomic E-state index is 15.7. The van der Waals surface area contributed by atoms with Gasteiger partial charge in [-0.3, -0.25) is 0 Å². The Morgan fingerprint density at radius 3 is 2.87 bits per heavy atom. The number of hydrogen-bond donors (Lipinski definition) is 2. The number of nitriles is 1. The Balaban J connectivity index is 1.51. The van der Waals surface area contributed by atoms with Crippen LogP contribution in [0.15, 0.2) is 16.6 Å². The SMILES string of the molecule is CN1CCC[C@H]1COc1nc2c(F)c(Br)c(/C=C/C#N)cc2c(NC2C3CC2N(C(=O)OC(C)(C)C)C3)c1N. The number of likely N-dealkylation sites (tertiary alicyclic amines) is 1. The average Bonchev–Trinajstić information content (AvgIpc) is 3.58. The minimum atomic E-state index is -0.587. The van der Waals surface area contributed by atoms with E-state index < -0.39 is 11.4 Å². The Morgan fingerprint density at radius 1 is 1.44 bits per heavy atom. The molecule has 4 aliphatic rings. The van der Waals surface area contributed by atoms with Gasteiger partial charge in [0.05, 0.1) is 28.3 Å². The van der Waals surface area contributed by atoms with Crippen molar-refractivity contribution in [3.05, 3.63) is 28.0 Å². The second kappa shape index (κ2) is 10.5. The number of nitrogens with two attached hydrogens (primary N) is 1. The molecule has 9 nitrogen and oxygen atoms in total. The van der Waals surface area contributed by atoms with Crippen molar-refractivity contribution in [2.75, 3.05) is 37.8 Å². The second-order valence-electron chi connectivity index (χ2n) is 11.6. The smallest absolute Gasteiger partial charge is 0.410 e. The molecule has 1 aliphatic carbocycles. The molecule has 1 amide bonds. The summed E-state index contributed by atoms with van der Waals surface area (Å²) in [7, 11) is 2.06. The molecule has 3 N–H and O–H groups in total. The number of nitrogen functional groups attached to an aromatic ring is 1. The van der Waals surface area contributed by atoms with Crippen molar-refractivity contribution in [2.24, 2.45) is 5.92 Å². The number of carbonyl (C=O) groups excluding carboxylic acids is 1. The van der Waals surface area contributed by atoms with Gasteiger partial charge in [-0.15, -0.1) is 0 Å². The lowest BCUT2D eigenvalue weighted by atomic mass is 9.79. The highest BCUT2D eigenvalue weighted by molar-refractivity contribution is 9.10. The van der Waals surface area contributed by atoms with Crippen molar-refractivity contribution in [1.29, 1.82) is 5.26 Å². The largest absolute Gasteiger partial charge is 0.474 e. The lowest BCUT2D eigenvalue weighted by Crippen LogP contribution is -2.50. The molecule has 1 aromatic heterocycles. The fourth-order valence-corrected chi connectivity index (χ4v) is 6.19. The molecule has 1 aromatic carbocycles. The molecule has 4 atom stereocenters. The summed E-state index contributed by atoms with van der Waals surface area (Å²) in [6, 6.07) is 3.78. The van der Waals surface area contributed by atoms with Gasteiger partial charge in [0.2, 0.25) is 5.88 Å². The summed E-state index contributed by atoms with van der Waals surface area (Å²) in [6.45, 7) is 7.52. The highest BCUT2D eigenvalue weighted by atomic mass is 79.9. The molecule has 4 fully saturated rings. The van der Waals surface area contributed by atoms with Gasteiger partial charge in [0.1, 0.15) is 23.4 Å². The lowest BCUT2D eigenvalue weighted by molar-refractivity contribution is 0.0239. The van der Waals surface area contributed by atoms with Crippen molar-refractivity contribution in [2.45, 2.75) is 63.8 Å². The van der Waals surface area contributed by atoms with Gasteiger partial charge in [-0.2, -0.15) is 5.26 Å². The second-order valence-corrected chi connectivity index (χ2v) is 12.4. The number of fused-ring (bicyclic) bond motifs is 2. The van der Waals surface area contributed by atoms with E-state index in [9.17, 15) is 4.79 Å². The van der Waals surface area contributed by atoms with Gasteiger partial charge in [-0.1, -0.05) is 0 Å². The number of nitrogens with zero attached hydrogens (tertiary/aromatic N) is 4. The molecule has 2 aromatic rings. The van der Waals surface area contributed by atoms with Gasteiger partial charge in [-0.25, -0.2) is 14.2 Å². The summed E-state index contributed by atoms with van der Waals surface area (Å²) in [5.74, 6) is -0.185. The number of carbonyl (C=O) groups is 1. The summed E-state index contributed by atoms with van der Waals surface area (Å²) < 4.78 is 27.6. The van der Waals surface area contributed by atoms with E-state index in [1.807, 2.05) is 26.8 Å². The van der Waals surface area contributed by atoms with E-state index in [1.54, 1.807) is 11.0 Å². The Hall–Kier alpha value is -3.10. The Morgan fingerprint density at radius 2 is 2.21 bits per heavy atom. The van der Waals surface area contributed by atoms with E-state index in [0.29, 0.717) is 29.8 Å². The molecule has 6 rings (SSSR count). The van der Waals surface area contributed by atoms with Gasteiger partial charge in [-0.05, 0) is 87.3 Å². The van der Waals surface area contributed by atoms with E-state index >= 15 is 4.39 Å². The normalized spacial score (nSPS) is 24.7. The van der Waals surface area contributed by atoms with Crippen LogP contribution in [0.3, 0.4) is 0 Å². The Bertz CT molecular complexity index is 1370. The number of aromatic nitrogens is 1. The van der Waals surface area contributed by atoms with E-state index in [-0.39, 0.29) is 51.7 Å². The summed E-state index contributed by atoms with van der Waals surface area (Å²) in [4.78, 5) is 21.3. The van der Waals surface area contributed by atoms with Crippen molar-refractivity contribution in [3.8, 4) is 11.9 Å². The molecule has 39 heavy (non-hydrogen) atoms. The van der Waals surface area contributed by atoms with Crippen LogP contribution < -0.4 is 15.8 Å². The van der Waals surface area contributed by atoms with Crippen LogP contribution in [0.4, 0.5) is 20.6 Å². The third kappa shape index (κ3) is 5.24. The molecule has 3 aliphatic heterocycles. The first-order valence-electron chi connectivity index (χ1n) is 13.2. The van der Waals surface area contributed by atoms with Crippen molar-refractivity contribution < 1.29 is 18.7 Å². The molecule has 1 saturated carbocycles. The van der Waals surface area contributed by atoms with Crippen LogP contribution in [-0.2, 0) is 4.74 Å². The maximum atomic E-state index is 15.7. The molecule has 3 unspecified atom stereocenters. The van der Waals surface area contributed by atoms with Crippen LogP contribution in [0.1, 0.15) is 45.6 Å². The molecular weight excluding hydrogens is 567 g/mol. The van der Waals surface area contributed by atoms with E-state index in [4.69, 9.17) is 20.5 Å². The number of halogens is 2. The number of nitrogens with one attached hydrogen (secondary N) is 1. The first kappa shape index (κ1) is 27.5. The maximum Gasteiger partial charge on any atom is 0.410 e. The van der Waals surface area contributed by atoms with Gasteiger partial charge in [0.25, 0.3) is 0 Å². The number of ether oxygens (including phenoxy) is 2. The van der Waals surface area contributed by atoms with Crippen molar-refractivity contribution in [3.63, 3.8) is 0 Å². The standard InChI is InChI=1S/C28H34BrFN6O3/c1-28(2,3)39-27(37)36-13-16-12-19(36)23(16)33-25-18-11-15(7-5-9-31)20(29)21(30)24(18)34-26(22(25)32)38-14-17-8-6-10-35(17)4/h5,7,11,16-17,19,23H,6,8,10,12-14,32H2,1-4H3,(H,33,34)/b7-5+/t16?,17-,19?,23?/m0/s1. The van der Waals surface area contributed by atoms with Crippen LogP contribution in [0.25, 0.3) is 17.0 Å². The number of benzene rings is 1. The molecular formula is C28H34BrFN6O3. The number of allylic oxidation sites excluding steroid dienone is 1. The zero-order valence-corrected chi connectivity index (χ0v) is 24.2. The quantitative estimate of drug-likeness (QED) is 0.437. The monoisotopic (exact) mass is 600 g/mol. The molecule has 0 radical (unpaired) electrons. The van der Waals surface area contributed by atoms with Gasteiger partial charge in [0, 0.05) is 30.0 Å². The van der Waals surface area contributed by atoms with Crippen LogP contribution >= 0.6 is 15.9 Å². The van der Waals surface area contributed by atoms with Crippen molar-refractivity contribution >= 4 is 50.4 Å². The third-order valence-corrected chi connectivity index (χ3v) is 8.66. The molecule has 4 heterocycles. The third-order valence-electron chi connectivity index (χ3n) is 7.85. The summed E-state index contributed by atoms with van der Waals surface area (Å²) in [5.41, 5.74) is 7.46. The number of rotatable bonds is 6. The summed E-state index contributed by atoms with van der Waals surface area (Å²) in [5, 5.41) is 13.0. The van der Waals surface area contributed by atoms with Crippen LogP contribution in [0, 0.1) is 23.1 Å². The number of likely N-dealkylation sites (N-methyl/N-ethyl adjacent to an activating group) is 1. The van der Waals surface area contributed by atoms with Gasteiger partial charge in [0.15, 0.2) is 5.82 Å². The van der Waals surface area contributed by atoms with E-state index in [0.717, 1.165) is 25.8 Å². The minimum Gasteiger partial charge on any atom is -0.474 e. The van der Waals surface area contributed by atoms with Crippen LogP contribution in [0.5, 0.6) is 5.88 Å². The molecule has 3 saturated heterocycles. The average molecular weight is 602 g/mol. The van der Waals surface area contributed by atoms with Gasteiger partial charge >= 0.3 is 6.09 Å². The number of hydrogen-bond acceptors (Lipinski definition) is 8. The zero-order valence-electron chi connectivity index (χ0n) is 22.6. The molecule has 2 bridgehead atoms. The lowest BCUT2D eigenvalue weighted by Gasteiger charge is -2.38. The Kier molecular flexibility index (Phi) is 7.37. The number of amides is 1. The fourth-order valence-electron chi connectivity index (χ4n) is 5.76. The number of anilines is 2. The minimum absolute atomic E-state index is 0.0674. The van der Waals surface area contributed by atoms with E-state index in [2.05, 4.69) is 38.2 Å². The van der Waals surface area contributed by atoms with Crippen molar-refractivity contribution in [1.82, 2.24) is 14.8 Å².